The van der Waals surface area contributed by atoms with Gasteiger partial charge >= 0.3 is 0 Å². The van der Waals surface area contributed by atoms with Crippen molar-refractivity contribution in [3.05, 3.63) is 46.8 Å². The maximum atomic E-state index is 13.3. The highest BCUT2D eigenvalue weighted by Gasteiger charge is 2.06. The lowest BCUT2D eigenvalue weighted by molar-refractivity contribution is 0.586. The molecule has 0 saturated carbocycles. The third-order valence-corrected chi connectivity index (χ3v) is 2.43. The smallest absolute Gasteiger partial charge is 0.149 e. The van der Waals surface area contributed by atoms with Crippen molar-refractivity contribution < 1.29 is 8.78 Å². The normalized spacial score (nSPS) is 10.2. The SMILES string of the molecule is Fc1ccc(Nc2ncncc2Br)c(F)c1. The molecule has 1 aromatic heterocycles. The molecular weight excluding hydrogens is 280 g/mol. The molecule has 0 bridgehead atoms. The minimum Gasteiger partial charge on any atom is -0.337 e. The van der Waals surface area contributed by atoms with E-state index in [1.54, 1.807) is 0 Å². The fraction of sp³-hybridized carbons (Fsp3) is 0. The third kappa shape index (κ3) is 2.33. The fourth-order valence-corrected chi connectivity index (χ4v) is 1.44. The largest absolute Gasteiger partial charge is 0.337 e. The molecule has 0 amide bonds. The highest BCUT2D eigenvalue weighted by Crippen LogP contribution is 2.24. The van der Waals surface area contributed by atoms with Crippen LogP contribution in [0.2, 0.25) is 0 Å². The van der Waals surface area contributed by atoms with Crippen LogP contribution in [-0.2, 0) is 0 Å². The molecule has 1 heterocycles. The predicted molar refractivity (Wildman–Crippen MR) is 59.4 cm³/mol. The van der Waals surface area contributed by atoms with Gasteiger partial charge in [-0.25, -0.2) is 18.7 Å². The first-order valence-corrected chi connectivity index (χ1v) is 5.13. The van der Waals surface area contributed by atoms with Crippen molar-refractivity contribution >= 4 is 27.4 Å². The molecule has 0 spiro atoms. The van der Waals surface area contributed by atoms with E-state index in [1.807, 2.05) is 0 Å². The quantitative estimate of drug-likeness (QED) is 0.920. The minimum atomic E-state index is -0.675. The van der Waals surface area contributed by atoms with Gasteiger partial charge in [0.15, 0.2) is 0 Å². The van der Waals surface area contributed by atoms with Crippen LogP contribution in [0.3, 0.4) is 0 Å². The molecule has 2 rings (SSSR count). The van der Waals surface area contributed by atoms with Gasteiger partial charge in [0.05, 0.1) is 10.2 Å². The van der Waals surface area contributed by atoms with Gasteiger partial charge in [-0.05, 0) is 28.1 Å². The number of hydrogen-bond acceptors (Lipinski definition) is 3. The van der Waals surface area contributed by atoms with Gasteiger partial charge in [0.1, 0.15) is 23.8 Å². The summed E-state index contributed by atoms with van der Waals surface area (Å²) in [5.41, 5.74) is 0.154. The molecule has 0 aliphatic heterocycles. The summed E-state index contributed by atoms with van der Waals surface area (Å²) in [6, 6.07) is 3.27. The van der Waals surface area contributed by atoms with Crippen molar-refractivity contribution in [1.82, 2.24) is 9.97 Å². The van der Waals surface area contributed by atoms with Crippen molar-refractivity contribution in [2.45, 2.75) is 0 Å². The average Bonchev–Trinajstić information content (AvgIpc) is 2.25. The van der Waals surface area contributed by atoms with E-state index in [-0.39, 0.29) is 5.69 Å². The monoisotopic (exact) mass is 285 g/mol. The summed E-state index contributed by atoms with van der Waals surface area (Å²) in [6.07, 6.45) is 2.85. The molecule has 1 aromatic carbocycles. The van der Waals surface area contributed by atoms with Crippen LogP contribution in [0, 0.1) is 11.6 Å². The molecule has 2 aromatic rings. The lowest BCUT2D eigenvalue weighted by Gasteiger charge is -2.07. The highest BCUT2D eigenvalue weighted by molar-refractivity contribution is 9.10. The first kappa shape index (κ1) is 10.9. The molecule has 0 atom stereocenters. The number of hydrogen-bond donors (Lipinski definition) is 1. The Morgan fingerprint density at radius 1 is 1.25 bits per heavy atom. The van der Waals surface area contributed by atoms with Gasteiger partial charge in [-0.2, -0.15) is 0 Å². The second-order valence-electron chi connectivity index (χ2n) is 2.97. The molecule has 0 fully saturated rings. The average molecular weight is 286 g/mol. The zero-order valence-corrected chi connectivity index (χ0v) is 9.50. The van der Waals surface area contributed by atoms with E-state index in [0.29, 0.717) is 10.3 Å². The Bertz CT molecular complexity index is 519. The Hall–Kier alpha value is -1.56. The van der Waals surface area contributed by atoms with E-state index in [4.69, 9.17) is 0 Å². The number of rotatable bonds is 2. The molecule has 3 nitrogen and oxygen atoms in total. The molecule has 6 heteroatoms. The lowest BCUT2D eigenvalue weighted by atomic mass is 10.3. The van der Waals surface area contributed by atoms with Crippen molar-refractivity contribution in [1.29, 1.82) is 0 Å². The van der Waals surface area contributed by atoms with Gasteiger partial charge in [0.25, 0.3) is 0 Å². The second kappa shape index (κ2) is 4.52. The molecule has 0 aliphatic rings. The van der Waals surface area contributed by atoms with Gasteiger partial charge in [0.2, 0.25) is 0 Å². The first-order valence-electron chi connectivity index (χ1n) is 4.34. The van der Waals surface area contributed by atoms with Crippen molar-refractivity contribution in [2.24, 2.45) is 0 Å². The standard InChI is InChI=1S/C10H6BrF2N3/c11-7-4-14-5-15-10(7)16-9-2-1-6(12)3-8(9)13/h1-5H,(H,14,15,16). The maximum Gasteiger partial charge on any atom is 0.149 e. The van der Waals surface area contributed by atoms with Crippen LogP contribution < -0.4 is 5.32 Å². The Morgan fingerprint density at radius 2 is 2.06 bits per heavy atom. The molecule has 1 N–H and O–H groups in total. The summed E-state index contributed by atoms with van der Waals surface area (Å²) in [5.74, 6) is -0.879. The third-order valence-electron chi connectivity index (χ3n) is 1.85. The van der Waals surface area contributed by atoms with Crippen LogP contribution >= 0.6 is 15.9 Å². The summed E-state index contributed by atoms with van der Waals surface area (Å²) in [5, 5.41) is 2.73. The first-order chi connectivity index (χ1) is 7.66. The molecule has 82 valence electrons. The summed E-state index contributed by atoms with van der Waals surface area (Å²) in [4.78, 5) is 7.68. The summed E-state index contributed by atoms with van der Waals surface area (Å²) < 4.78 is 26.6. The van der Waals surface area contributed by atoms with E-state index in [2.05, 4.69) is 31.2 Å². The molecule has 0 unspecified atom stereocenters. The zero-order chi connectivity index (χ0) is 11.5. The Morgan fingerprint density at radius 3 is 2.75 bits per heavy atom. The van der Waals surface area contributed by atoms with Gasteiger partial charge in [-0.3, -0.25) is 0 Å². The number of nitrogens with one attached hydrogen (secondary N) is 1. The summed E-state index contributed by atoms with van der Waals surface area (Å²) in [6.45, 7) is 0. The van der Waals surface area contributed by atoms with Gasteiger partial charge < -0.3 is 5.32 Å². The Labute approximate surface area is 98.7 Å². The second-order valence-corrected chi connectivity index (χ2v) is 3.82. The van der Waals surface area contributed by atoms with Gasteiger partial charge in [-0.1, -0.05) is 0 Å². The van der Waals surface area contributed by atoms with Crippen molar-refractivity contribution in [2.75, 3.05) is 5.32 Å². The topological polar surface area (TPSA) is 37.8 Å². The Balaban J connectivity index is 2.31. The van der Waals surface area contributed by atoms with Crippen LogP contribution in [0.4, 0.5) is 20.3 Å². The maximum absolute atomic E-state index is 13.3. The van der Waals surface area contributed by atoms with Crippen LogP contribution in [0.15, 0.2) is 35.2 Å². The number of anilines is 2. The fourth-order valence-electron chi connectivity index (χ4n) is 1.12. The number of aromatic nitrogens is 2. The summed E-state index contributed by atoms with van der Waals surface area (Å²) >= 11 is 3.21. The van der Waals surface area contributed by atoms with Crippen molar-refractivity contribution in [3.63, 3.8) is 0 Å². The van der Waals surface area contributed by atoms with E-state index in [9.17, 15) is 8.78 Å². The van der Waals surface area contributed by atoms with Gasteiger partial charge in [-0.15, -0.1) is 0 Å². The van der Waals surface area contributed by atoms with E-state index in [1.165, 1.54) is 24.7 Å². The van der Waals surface area contributed by atoms with Crippen LogP contribution in [-0.4, -0.2) is 9.97 Å². The molecule has 0 radical (unpaired) electrons. The van der Waals surface area contributed by atoms with Crippen molar-refractivity contribution in [3.8, 4) is 0 Å². The lowest BCUT2D eigenvalue weighted by Crippen LogP contribution is -1.98. The number of nitrogens with zero attached hydrogens (tertiary/aromatic N) is 2. The molecule has 0 aliphatic carbocycles. The van der Waals surface area contributed by atoms with Gasteiger partial charge in [0, 0.05) is 12.3 Å². The highest BCUT2D eigenvalue weighted by atomic mass is 79.9. The number of halogens is 3. The number of benzene rings is 1. The minimum absolute atomic E-state index is 0.154. The van der Waals surface area contributed by atoms with E-state index < -0.39 is 11.6 Å². The molecular formula is C10H6BrF2N3. The van der Waals surface area contributed by atoms with Crippen LogP contribution in [0.25, 0.3) is 0 Å². The van der Waals surface area contributed by atoms with Crippen LogP contribution in [0.5, 0.6) is 0 Å². The van der Waals surface area contributed by atoms with E-state index >= 15 is 0 Å². The van der Waals surface area contributed by atoms with E-state index in [0.717, 1.165) is 6.07 Å². The zero-order valence-electron chi connectivity index (χ0n) is 7.92. The Kier molecular flexibility index (Phi) is 3.09. The molecule has 0 saturated heterocycles. The predicted octanol–water partition coefficient (Wildman–Crippen LogP) is 3.26. The van der Waals surface area contributed by atoms with Crippen LogP contribution in [0.1, 0.15) is 0 Å². The molecule has 16 heavy (non-hydrogen) atoms. The summed E-state index contributed by atoms with van der Waals surface area (Å²) in [7, 11) is 0.